The summed E-state index contributed by atoms with van der Waals surface area (Å²) in [4.78, 5) is 11.2. The summed E-state index contributed by atoms with van der Waals surface area (Å²) in [6.07, 6.45) is 0.684. The molecule has 2 rings (SSSR count). The van der Waals surface area contributed by atoms with Crippen LogP contribution in [0.15, 0.2) is 35.5 Å². The van der Waals surface area contributed by atoms with Crippen LogP contribution in [0.5, 0.6) is 0 Å². The standard InChI is InChI=1S/C15H20N4O2S/c1-11(14(16)20)22-15-18-17-13(19(15)8-9-21-2)10-12-6-4-3-5-7-12/h3-7,11H,8-10H2,1-2H3,(H2,16,20)/t11-/m1/s1. The summed E-state index contributed by atoms with van der Waals surface area (Å²) in [6.45, 7) is 2.96. The molecule has 1 heterocycles. The highest BCUT2D eigenvalue weighted by Gasteiger charge is 2.18. The third kappa shape index (κ3) is 4.32. The van der Waals surface area contributed by atoms with Gasteiger partial charge in [0, 0.05) is 20.1 Å². The summed E-state index contributed by atoms with van der Waals surface area (Å²) in [7, 11) is 1.65. The van der Waals surface area contributed by atoms with Crippen LogP contribution in [-0.4, -0.2) is 39.6 Å². The first kappa shape index (κ1) is 16.5. The first-order valence-corrected chi connectivity index (χ1v) is 7.90. The van der Waals surface area contributed by atoms with Gasteiger partial charge in [-0.1, -0.05) is 42.1 Å². The van der Waals surface area contributed by atoms with Crippen LogP contribution < -0.4 is 5.73 Å². The Morgan fingerprint density at radius 1 is 1.36 bits per heavy atom. The van der Waals surface area contributed by atoms with E-state index < -0.39 is 0 Å². The van der Waals surface area contributed by atoms with Gasteiger partial charge in [-0.2, -0.15) is 0 Å². The molecule has 0 aliphatic carbocycles. The minimum atomic E-state index is -0.365. The lowest BCUT2D eigenvalue weighted by Gasteiger charge is -2.11. The second-order valence-electron chi connectivity index (χ2n) is 4.87. The predicted octanol–water partition coefficient (Wildman–Crippen LogP) is 1.48. The van der Waals surface area contributed by atoms with Crippen molar-refractivity contribution >= 4 is 17.7 Å². The van der Waals surface area contributed by atoms with Crippen LogP contribution in [0.4, 0.5) is 0 Å². The molecule has 0 saturated carbocycles. The van der Waals surface area contributed by atoms with Gasteiger partial charge in [0.2, 0.25) is 5.91 Å². The summed E-state index contributed by atoms with van der Waals surface area (Å²) in [6, 6.07) is 10.1. The summed E-state index contributed by atoms with van der Waals surface area (Å²) in [5, 5.41) is 8.80. The summed E-state index contributed by atoms with van der Waals surface area (Å²) in [5.41, 5.74) is 6.48. The molecule has 0 fully saturated rings. The molecule has 1 atom stereocenters. The highest BCUT2D eigenvalue weighted by molar-refractivity contribution is 8.00. The van der Waals surface area contributed by atoms with Crippen molar-refractivity contribution in [1.82, 2.24) is 14.8 Å². The molecular formula is C15H20N4O2S. The maximum Gasteiger partial charge on any atom is 0.230 e. The van der Waals surface area contributed by atoms with Crippen molar-refractivity contribution < 1.29 is 9.53 Å². The van der Waals surface area contributed by atoms with E-state index in [9.17, 15) is 4.79 Å². The number of aromatic nitrogens is 3. The van der Waals surface area contributed by atoms with E-state index in [0.29, 0.717) is 24.7 Å². The molecule has 7 heteroatoms. The first-order chi connectivity index (χ1) is 10.6. The van der Waals surface area contributed by atoms with Gasteiger partial charge in [0.15, 0.2) is 5.16 Å². The Balaban J connectivity index is 2.21. The molecular weight excluding hydrogens is 300 g/mol. The molecule has 0 radical (unpaired) electrons. The van der Waals surface area contributed by atoms with Crippen molar-refractivity contribution in [1.29, 1.82) is 0 Å². The molecule has 0 bridgehead atoms. The fraction of sp³-hybridized carbons (Fsp3) is 0.400. The van der Waals surface area contributed by atoms with Gasteiger partial charge in [0.05, 0.1) is 11.9 Å². The van der Waals surface area contributed by atoms with Crippen LogP contribution in [0.2, 0.25) is 0 Å². The molecule has 0 aliphatic rings. The normalized spacial score (nSPS) is 12.3. The molecule has 1 aromatic heterocycles. The van der Waals surface area contributed by atoms with E-state index in [1.54, 1.807) is 14.0 Å². The van der Waals surface area contributed by atoms with Gasteiger partial charge in [-0.15, -0.1) is 10.2 Å². The Labute approximate surface area is 134 Å². The predicted molar refractivity (Wildman–Crippen MR) is 85.7 cm³/mol. The zero-order valence-corrected chi connectivity index (χ0v) is 13.5. The van der Waals surface area contributed by atoms with Crippen LogP contribution in [0.3, 0.4) is 0 Å². The summed E-state index contributed by atoms with van der Waals surface area (Å²) >= 11 is 1.32. The maximum absolute atomic E-state index is 11.2. The smallest absolute Gasteiger partial charge is 0.230 e. The number of carbonyl (C=O) groups excluding carboxylic acids is 1. The van der Waals surface area contributed by atoms with Gasteiger partial charge in [-0.3, -0.25) is 4.79 Å². The molecule has 2 aromatic rings. The van der Waals surface area contributed by atoms with Crippen molar-refractivity contribution in [2.24, 2.45) is 5.73 Å². The highest BCUT2D eigenvalue weighted by Crippen LogP contribution is 2.23. The molecule has 0 aliphatic heterocycles. The monoisotopic (exact) mass is 320 g/mol. The topological polar surface area (TPSA) is 83.0 Å². The van der Waals surface area contributed by atoms with Gasteiger partial charge < -0.3 is 15.0 Å². The van der Waals surface area contributed by atoms with Crippen molar-refractivity contribution in [3.05, 3.63) is 41.7 Å². The lowest BCUT2D eigenvalue weighted by molar-refractivity contribution is -0.117. The Bertz CT molecular complexity index is 615. The van der Waals surface area contributed by atoms with Crippen LogP contribution in [0, 0.1) is 0 Å². The van der Waals surface area contributed by atoms with E-state index in [-0.39, 0.29) is 11.2 Å². The number of hydrogen-bond acceptors (Lipinski definition) is 5. The number of carbonyl (C=O) groups is 1. The fourth-order valence-electron chi connectivity index (χ4n) is 1.94. The molecule has 0 unspecified atom stereocenters. The van der Waals surface area contributed by atoms with Gasteiger partial charge in [-0.25, -0.2) is 0 Å². The Morgan fingerprint density at radius 3 is 2.73 bits per heavy atom. The Morgan fingerprint density at radius 2 is 2.09 bits per heavy atom. The number of thioether (sulfide) groups is 1. The zero-order valence-electron chi connectivity index (χ0n) is 12.7. The van der Waals surface area contributed by atoms with Crippen molar-refractivity contribution in [2.45, 2.75) is 30.3 Å². The number of ether oxygens (including phenoxy) is 1. The minimum absolute atomic E-state index is 0.352. The van der Waals surface area contributed by atoms with E-state index in [4.69, 9.17) is 10.5 Å². The molecule has 6 nitrogen and oxygen atoms in total. The number of primary amides is 1. The third-order valence-electron chi connectivity index (χ3n) is 3.20. The Kier molecular flexibility index (Phi) is 5.97. The number of methoxy groups -OCH3 is 1. The number of rotatable bonds is 8. The lowest BCUT2D eigenvalue weighted by Crippen LogP contribution is -2.23. The lowest BCUT2D eigenvalue weighted by atomic mass is 10.1. The van der Waals surface area contributed by atoms with Crippen LogP contribution in [0.25, 0.3) is 0 Å². The number of benzene rings is 1. The van der Waals surface area contributed by atoms with Gasteiger partial charge in [-0.05, 0) is 12.5 Å². The highest BCUT2D eigenvalue weighted by atomic mass is 32.2. The van der Waals surface area contributed by atoms with E-state index in [2.05, 4.69) is 10.2 Å². The average molecular weight is 320 g/mol. The summed E-state index contributed by atoms with van der Waals surface area (Å²) in [5.74, 6) is 0.485. The zero-order chi connectivity index (χ0) is 15.9. The van der Waals surface area contributed by atoms with Crippen LogP contribution >= 0.6 is 11.8 Å². The van der Waals surface area contributed by atoms with Crippen molar-refractivity contribution in [3.8, 4) is 0 Å². The largest absolute Gasteiger partial charge is 0.383 e. The van der Waals surface area contributed by atoms with Crippen molar-refractivity contribution in [2.75, 3.05) is 13.7 Å². The number of nitrogens with zero attached hydrogens (tertiary/aromatic N) is 3. The number of amides is 1. The van der Waals surface area contributed by atoms with E-state index in [0.717, 1.165) is 11.4 Å². The molecule has 118 valence electrons. The van der Waals surface area contributed by atoms with Gasteiger partial charge >= 0.3 is 0 Å². The van der Waals surface area contributed by atoms with Gasteiger partial charge in [0.1, 0.15) is 5.82 Å². The molecule has 1 aromatic carbocycles. The molecule has 0 spiro atoms. The fourth-order valence-corrected chi connectivity index (χ4v) is 2.78. The SMILES string of the molecule is COCCn1c(Cc2ccccc2)nnc1S[C@H](C)C(N)=O. The molecule has 1 amide bonds. The average Bonchev–Trinajstić information content (AvgIpc) is 2.88. The van der Waals surface area contributed by atoms with Crippen LogP contribution in [0.1, 0.15) is 18.3 Å². The summed E-state index contributed by atoms with van der Waals surface area (Å²) < 4.78 is 7.14. The molecule has 22 heavy (non-hydrogen) atoms. The number of nitrogens with two attached hydrogens (primary N) is 1. The molecule has 2 N–H and O–H groups in total. The van der Waals surface area contributed by atoms with E-state index in [1.807, 2.05) is 34.9 Å². The third-order valence-corrected chi connectivity index (χ3v) is 4.30. The first-order valence-electron chi connectivity index (χ1n) is 7.02. The van der Waals surface area contributed by atoms with Gasteiger partial charge in [0.25, 0.3) is 0 Å². The van der Waals surface area contributed by atoms with Crippen molar-refractivity contribution in [3.63, 3.8) is 0 Å². The van der Waals surface area contributed by atoms with E-state index >= 15 is 0 Å². The Hall–Kier alpha value is -1.86. The quantitative estimate of drug-likeness (QED) is 0.745. The second kappa shape index (κ2) is 7.95. The number of hydrogen-bond donors (Lipinski definition) is 1. The van der Waals surface area contributed by atoms with E-state index in [1.165, 1.54) is 11.8 Å². The van der Waals surface area contributed by atoms with Crippen LogP contribution in [-0.2, 0) is 22.5 Å². The minimum Gasteiger partial charge on any atom is -0.383 e. The molecule has 0 saturated heterocycles. The maximum atomic E-state index is 11.2. The second-order valence-corrected chi connectivity index (χ2v) is 6.18.